The first kappa shape index (κ1) is 15.0. The van der Waals surface area contributed by atoms with Gasteiger partial charge in [-0.1, -0.05) is 15.9 Å². The van der Waals surface area contributed by atoms with Gasteiger partial charge in [0.25, 0.3) is 0 Å². The van der Waals surface area contributed by atoms with Crippen LogP contribution in [0.1, 0.15) is 18.9 Å². The molecule has 0 aromatic heterocycles. The van der Waals surface area contributed by atoms with Crippen LogP contribution in [-0.4, -0.2) is 36.9 Å². The van der Waals surface area contributed by atoms with Crippen molar-refractivity contribution in [3.05, 3.63) is 28.2 Å². The lowest BCUT2D eigenvalue weighted by Gasteiger charge is -2.21. The second-order valence-electron chi connectivity index (χ2n) is 5.11. The van der Waals surface area contributed by atoms with E-state index in [0.717, 1.165) is 15.7 Å². The quantitative estimate of drug-likeness (QED) is 0.795. The molecule has 4 nitrogen and oxygen atoms in total. The minimum absolute atomic E-state index is 0.0743. The predicted molar refractivity (Wildman–Crippen MR) is 82.7 cm³/mol. The van der Waals surface area contributed by atoms with Crippen molar-refractivity contribution in [1.82, 2.24) is 4.90 Å². The summed E-state index contributed by atoms with van der Waals surface area (Å²) in [7, 11) is 1.74. The molecule has 0 aliphatic carbocycles. The molecule has 1 fully saturated rings. The number of amides is 2. The summed E-state index contributed by atoms with van der Waals surface area (Å²) in [6, 6.07) is 5.83. The fourth-order valence-corrected chi connectivity index (χ4v) is 2.97. The van der Waals surface area contributed by atoms with Crippen LogP contribution in [-0.2, 0) is 9.59 Å². The van der Waals surface area contributed by atoms with Gasteiger partial charge in [-0.15, -0.1) is 0 Å². The van der Waals surface area contributed by atoms with E-state index in [2.05, 4.69) is 15.9 Å². The Morgan fingerprint density at radius 1 is 1.50 bits per heavy atom. The zero-order valence-electron chi connectivity index (χ0n) is 12.0. The molecule has 0 saturated carbocycles. The van der Waals surface area contributed by atoms with Crippen molar-refractivity contribution >= 4 is 33.4 Å². The molecule has 2 rings (SSSR count). The average Bonchev–Trinajstić information content (AvgIpc) is 2.79. The number of hydrogen-bond acceptors (Lipinski definition) is 2. The number of hydrogen-bond donors (Lipinski definition) is 0. The second kappa shape index (κ2) is 5.95. The van der Waals surface area contributed by atoms with E-state index in [9.17, 15) is 9.59 Å². The normalized spacial score (nSPS) is 18.5. The summed E-state index contributed by atoms with van der Waals surface area (Å²) in [6.45, 7) is 5.11. The molecule has 1 aromatic rings. The van der Waals surface area contributed by atoms with Gasteiger partial charge >= 0.3 is 0 Å². The van der Waals surface area contributed by atoms with Gasteiger partial charge in [0.05, 0.1) is 0 Å². The van der Waals surface area contributed by atoms with Crippen molar-refractivity contribution in [3.8, 4) is 0 Å². The van der Waals surface area contributed by atoms with E-state index in [1.54, 1.807) is 16.8 Å². The van der Waals surface area contributed by atoms with Crippen molar-refractivity contribution in [2.45, 2.75) is 20.3 Å². The third kappa shape index (κ3) is 2.73. The smallest absolute Gasteiger partial charge is 0.239 e. The summed E-state index contributed by atoms with van der Waals surface area (Å²) in [4.78, 5) is 28.0. The lowest BCUT2D eigenvalue weighted by molar-refractivity contribution is -0.138. The number of nitrogens with zero attached hydrogens (tertiary/aromatic N) is 2. The summed E-state index contributed by atoms with van der Waals surface area (Å²) in [5.74, 6) is -0.682. The van der Waals surface area contributed by atoms with E-state index in [4.69, 9.17) is 0 Å². The van der Waals surface area contributed by atoms with Crippen molar-refractivity contribution < 1.29 is 9.59 Å². The molecule has 1 atom stereocenters. The number of anilines is 1. The Morgan fingerprint density at radius 2 is 2.20 bits per heavy atom. The zero-order valence-corrected chi connectivity index (χ0v) is 13.6. The SMILES string of the molecule is CCN(C)C(=O)C1CCN(c2ccc(Br)cc2C)C1=O. The highest BCUT2D eigenvalue weighted by Gasteiger charge is 2.39. The fraction of sp³-hybridized carbons (Fsp3) is 0.467. The van der Waals surface area contributed by atoms with Gasteiger partial charge < -0.3 is 9.80 Å². The van der Waals surface area contributed by atoms with Crippen molar-refractivity contribution in [3.63, 3.8) is 0 Å². The van der Waals surface area contributed by atoms with Crippen molar-refractivity contribution in [2.75, 3.05) is 25.0 Å². The van der Waals surface area contributed by atoms with Crippen LogP contribution in [0.3, 0.4) is 0 Å². The third-order valence-corrected chi connectivity index (χ3v) is 4.30. The van der Waals surface area contributed by atoms with Crippen LogP contribution in [0.4, 0.5) is 5.69 Å². The van der Waals surface area contributed by atoms with Gasteiger partial charge in [-0.25, -0.2) is 0 Å². The molecule has 0 bridgehead atoms. The molecule has 0 radical (unpaired) electrons. The first-order chi connectivity index (χ1) is 9.45. The second-order valence-corrected chi connectivity index (χ2v) is 6.03. The van der Waals surface area contributed by atoms with E-state index in [1.165, 1.54) is 0 Å². The highest BCUT2D eigenvalue weighted by molar-refractivity contribution is 9.10. The largest absolute Gasteiger partial charge is 0.345 e. The highest BCUT2D eigenvalue weighted by atomic mass is 79.9. The number of halogens is 1. The number of benzene rings is 1. The van der Waals surface area contributed by atoms with E-state index in [0.29, 0.717) is 19.5 Å². The summed E-state index contributed by atoms with van der Waals surface area (Å²) >= 11 is 3.42. The van der Waals surface area contributed by atoms with Gasteiger partial charge in [0.1, 0.15) is 5.92 Å². The first-order valence-electron chi connectivity index (χ1n) is 6.78. The number of carbonyl (C=O) groups is 2. The van der Waals surface area contributed by atoms with Crippen LogP contribution in [0.25, 0.3) is 0 Å². The molecular weight excluding hydrogens is 320 g/mol. The molecule has 1 heterocycles. The molecule has 0 spiro atoms. The fourth-order valence-electron chi connectivity index (χ4n) is 2.49. The minimum atomic E-state index is -0.525. The number of rotatable bonds is 3. The Balaban J connectivity index is 2.21. The Labute approximate surface area is 127 Å². The topological polar surface area (TPSA) is 40.6 Å². The average molecular weight is 339 g/mol. The maximum Gasteiger partial charge on any atom is 0.239 e. The number of carbonyl (C=O) groups excluding carboxylic acids is 2. The zero-order chi connectivity index (χ0) is 14.9. The maximum atomic E-state index is 12.5. The van der Waals surface area contributed by atoms with Gasteiger partial charge in [-0.2, -0.15) is 0 Å². The van der Waals surface area contributed by atoms with Crippen LogP contribution in [0, 0.1) is 12.8 Å². The summed E-state index contributed by atoms with van der Waals surface area (Å²) in [5.41, 5.74) is 1.93. The molecule has 2 amide bonds. The van der Waals surface area contributed by atoms with Gasteiger partial charge in [0.15, 0.2) is 0 Å². The lowest BCUT2D eigenvalue weighted by Crippen LogP contribution is -2.38. The monoisotopic (exact) mass is 338 g/mol. The van der Waals surface area contributed by atoms with Gasteiger partial charge in [0, 0.05) is 30.3 Å². The molecule has 1 saturated heterocycles. The Hall–Kier alpha value is -1.36. The van der Waals surface area contributed by atoms with E-state index in [1.807, 2.05) is 32.0 Å². The lowest BCUT2D eigenvalue weighted by atomic mass is 10.1. The van der Waals surface area contributed by atoms with Crippen LogP contribution < -0.4 is 4.90 Å². The highest BCUT2D eigenvalue weighted by Crippen LogP contribution is 2.30. The van der Waals surface area contributed by atoms with Gasteiger partial charge in [0.2, 0.25) is 11.8 Å². The standard InChI is InChI=1S/C15H19BrN2O2/c1-4-17(3)14(19)12-7-8-18(15(12)20)13-6-5-11(16)9-10(13)2/h5-6,9,12H,4,7-8H2,1-3H3. The van der Waals surface area contributed by atoms with Crippen LogP contribution in [0.15, 0.2) is 22.7 Å². The van der Waals surface area contributed by atoms with Crippen LogP contribution in [0.5, 0.6) is 0 Å². The molecule has 5 heteroatoms. The minimum Gasteiger partial charge on any atom is -0.345 e. The third-order valence-electron chi connectivity index (χ3n) is 3.80. The molecule has 108 valence electrons. The first-order valence-corrected chi connectivity index (χ1v) is 7.57. The molecular formula is C15H19BrN2O2. The van der Waals surface area contributed by atoms with Gasteiger partial charge in [-0.05, 0) is 44.0 Å². The summed E-state index contributed by atoms with van der Waals surface area (Å²) < 4.78 is 0.990. The molecule has 1 aliphatic rings. The van der Waals surface area contributed by atoms with Crippen molar-refractivity contribution in [2.24, 2.45) is 5.92 Å². The maximum absolute atomic E-state index is 12.5. The molecule has 1 aromatic carbocycles. The van der Waals surface area contributed by atoms with Gasteiger partial charge in [-0.3, -0.25) is 9.59 Å². The van der Waals surface area contributed by atoms with Crippen LogP contribution in [0.2, 0.25) is 0 Å². The predicted octanol–water partition coefficient (Wildman–Crippen LogP) is 2.59. The summed E-state index contributed by atoms with van der Waals surface area (Å²) in [5, 5.41) is 0. The van der Waals surface area contributed by atoms with Crippen LogP contribution >= 0.6 is 15.9 Å². The Bertz CT molecular complexity index is 545. The van der Waals surface area contributed by atoms with Crippen molar-refractivity contribution in [1.29, 1.82) is 0 Å². The van der Waals surface area contributed by atoms with E-state index in [-0.39, 0.29) is 11.8 Å². The number of aryl methyl sites for hydroxylation is 1. The molecule has 20 heavy (non-hydrogen) atoms. The molecule has 1 aliphatic heterocycles. The summed E-state index contributed by atoms with van der Waals surface area (Å²) in [6.07, 6.45) is 0.595. The molecule has 0 N–H and O–H groups in total. The Kier molecular flexibility index (Phi) is 4.48. The van der Waals surface area contributed by atoms with E-state index >= 15 is 0 Å². The van der Waals surface area contributed by atoms with E-state index < -0.39 is 5.92 Å². The Morgan fingerprint density at radius 3 is 2.80 bits per heavy atom. The molecule has 1 unspecified atom stereocenters.